The minimum absolute atomic E-state index is 0.0293. The summed E-state index contributed by atoms with van der Waals surface area (Å²) in [4.78, 5) is 12.8. The first-order valence-corrected chi connectivity index (χ1v) is 10.9. The lowest BCUT2D eigenvalue weighted by atomic mass is 10.2. The van der Waals surface area contributed by atoms with Gasteiger partial charge in [-0.15, -0.1) is 11.3 Å². The third-order valence-corrected chi connectivity index (χ3v) is 7.50. The van der Waals surface area contributed by atoms with Gasteiger partial charge < -0.3 is 5.32 Å². The molecule has 1 aromatic heterocycles. The summed E-state index contributed by atoms with van der Waals surface area (Å²) in [6.07, 6.45) is 0. The fourth-order valence-electron chi connectivity index (χ4n) is 2.61. The van der Waals surface area contributed by atoms with Crippen LogP contribution in [0.4, 0.5) is 8.78 Å². The number of amides is 1. The number of rotatable bonds is 6. The van der Waals surface area contributed by atoms with Crippen LogP contribution in [-0.4, -0.2) is 20.9 Å². The average molecular weight is 442 g/mol. The Morgan fingerprint density at radius 2 is 1.68 bits per heavy atom. The van der Waals surface area contributed by atoms with Crippen molar-refractivity contribution in [3.8, 4) is 0 Å². The van der Waals surface area contributed by atoms with E-state index >= 15 is 0 Å². The van der Waals surface area contributed by atoms with Crippen molar-refractivity contribution in [1.82, 2.24) is 5.32 Å². The van der Waals surface area contributed by atoms with E-state index in [1.165, 1.54) is 35.6 Å². The fraction of sp³-hybridized carbons (Fsp3) is 0.105. The molecule has 3 aromatic rings. The molecule has 2 aromatic carbocycles. The quantitative estimate of drug-likeness (QED) is 0.606. The zero-order chi connectivity index (χ0) is 20.3. The Bertz CT molecular complexity index is 1060. The van der Waals surface area contributed by atoms with Crippen molar-refractivity contribution >= 4 is 38.7 Å². The van der Waals surface area contributed by atoms with E-state index in [-0.39, 0.29) is 11.4 Å². The predicted molar refractivity (Wildman–Crippen MR) is 104 cm³/mol. The molecule has 4 nitrogen and oxygen atoms in total. The van der Waals surface area contributed by atoms with Gasteiger partial charge in [0.15, 0.2) is 9.84 Å². The van der Waals surface area contributed by atoms with Crippen LogP contribution in [0, 0.1) is 11.6 Å². The highest BCUT2D eigenvalue weighted by Gasteiger charge is 2.31. The summed E-state index contributed by atoms with van der Waals surface area (Å²) in [6, 6.07) is 12.0. The fourth-order valence-corrected chi connectivity index (χ4v) is 5.53. The molecule has 1 heterocycles. The lowest BCUT2D eigenvalue weighted by molar-refractivity contribution is 0.0945. The number of hydrogen-bond acceptors (Lipinski definition) is 4. The summed E-state index contributed by atoms with van der Waals surface area (Å²) in [5, 5.41) is 3.31. The highest BCUT2D eigenvalue weighted by Crippen LogP contribution is 2.32. The van der Waals surface area contributed by atoms with Gasteiger partial charge in [0.05, 0.1) is 4.90 Å². The Morgan fingerprint density at radius 3 is 2.25 bits per heavy atom. The Morgan fingerprint density at radius 1 is 1.04 bits per heavy atom. The third kappa shape index (κ3) is 4.24. The molecule has 146 valence electrons. The summed E-state index contributed by atoms with van der Waals surface area (Å²) in [5.74, 6) is -3.07. The van der Waals surface area contributed by atoms with Crippen LogP contribution in [0.1, 0.15) is 20.5 Å². The van der Waals surface area contributed by atoms with Crippen molar-refractivity contribution in [2.45, 2.75) is 10.1 Å². The topological polar surface area (TPSA) is 63.2 Å². The smallest absolute Gasteiger partial charge is 0.257 e. The van der Waals surface area contributed by atoms with Crippen LogP contribution in [0.2, 0.25) is 5.02 Å². The van der Waals surface area contributed by atoms with Crippen LogP contribution >= 0.6 is 22.9 Å². The number of carbonyl (C=O) groups excluding carboxylic acids is 1. The number of halogens is 3. The van der Waals surface area contributed by atoms with Crippen molar-refractivity contribution in [3.05, 3.63) is 87.1 Å². The molecule has 0 aliphatic carbocycles. The highest BCUT2D eigenvalue weighted by atomic mass is 35.5. The first-order chi connectivity index (χ1) is 13.3. The molecule has 1 amide bonds. The van der Waals surface area contributed by atoms with Gasteiger partial charge in [-0.25, -0.2) is 17.2 Å². The number of nitrogens with one attached hydrogen (secondary N) is 1. The van der Waals surface area contributed by atoms with Crippen LogP contribution in [-0.2, 0) is 9.84 Å². The zero-order valence-electron chi connectivity index (χ0n) is 14.2. The average Bonchev–Trinajstić information content (AvgIpc) is 3.16. The molecule has 9 heteroatoms. The van der Waals surface area contributed by atoms with E-state index in [1.807, 2.05) is 0 Å². The molecule has 0 aliphatic rings. The Hall–Kier alpha value is -2.29. The van der Waals surface area contributed by atoms with Gasteiger partial charge in [0.1, 0.15) is 22.4 Å². The van der Waals surface area contributed by atoms with Crippen LogP contribution in [0.3, 0.4) is 0 Å². The van der Waals surface area contributed by atoms with Crippen LogP contribution in [0.15, 0.2) is 64.9 Å². The van der Waals surface area contributed by atoms with Gasteiger partial charge in [-0.05, 0) is 47.8 Å². The maximum Gasteiger partial charge on any atom is 0.257 e. The van der Waals surface area contributed by atoms with E-state index in [9.17, 15) is 22.0 Å². The van der Waals surface area contributed by atoms with E-state index in [2.05, 4.69) is 5.32 Å². The monoisotopic (exact) mass is 441 g/mol. The predicted octanol–water partition coefficient (Wildman–Crippen LogP) is 4.62. The lowest BCUT2D eigenvalue weighted by Crippen LogP contribution is -2.32. The second-order valence-corrected chi connectivity index (χ2v) is 9.36. The summed E-state index contributed by atoms with van der Waals surface area (Å²) >= 11 is 7.03. The van der Waals surface area contributed by atoms with Crippen molar-refractivity contribution in [2.75, 3.05) is 6.54 Å². The van der Waals surface area contributed by atoms with E-state index in [1.54, 1.807) is 17.5 Å². The minimum atomic E-state index is -3.89. The summed E-state index contributed by atoms with van der Waals surface area (Å²) < 4.78 is 53.8. The van der Waals surface area contributed by atoms with Gasteiger partial charge in [0, 0.05) is 16.4 Å². The van der Waals surface area contributed by atoms with Crippen molar-refractivity contribution in [3.63, 3.8) is 0 Å². The first kappa shape index (κ1) is 20.4. The Kier molecular flexibility index (Phi) is 6.12. The maximum atomic E-state index is 13.8. The number of sulfone groups is 1. The normalized spacial score (nSPS) is 12.5. The molecule has 28 heavy (non-hydrogen) atoms. The molecular weight excluding hydrogens is 428 g/mol. The molecule has 0 unspecified atom stereocenters. The second-order valence-electron chi connectivity index (χ2n) is 5.81. The minimum Gasteiger partial charge on any atom is -0.350 e. The largest absolute Gasteiger partial charge is 0.350 e. The molecule has 0 saturated carbocycles. The van der Waals surface area contributed by atoms with E-state index in [0.29, 0.717) is 9.90 Å². The summed E-state index contributed by atoms with van der Waals surface area (Å²) in [5.41, 5.74) is -0.753. The number of thiophene rings is 1. The molecule has 0 spiro atoms. The lowest BCUT2D eigenvalue weighted by Gasteiger charge is -2.18. The van der Waals surface area contributed by atoms with E-state index < -0.39 is 38.2 Å². The molecule has 0 fully saturated rings. The van der Waals surface area contributed by atoms with Crippen LogP contribution in [0.5, 0.6) is 0 Å². The zero-order valence-corrected chi connectivity index (χ0v) is 16.6. The highest BCUT2D eigenvalue weighted by molar-refractivity contribution is 7.91. The van der Waals surface area contributed by atoms with Crippen LogP contribution < -0.4 is 5.32 Å². The number of benzene rings is 2. The second kappa shape index (κ2) is 8.38. The standard InChI is InChI=1S/C19H14ClF2NO3S2/c20-12-6-8-13(9-7-12)28(25,26)17(16-5-2-10-27-16)11-23-19(24)18-14(21)3-1-4-15(18)22/h1-10,17H,11H2,(H,23,24)/t17-/m1/s1. The molecule has 0 radical (unpaired) electrons. The molecule has 0 aliphatic heterocycles. The SMILES string of the molecule is O=C(NC[C@H](c1cccs1)S(=O)(=O)c1ccc(Cl)cc1)c1c(F)cccc1F. The Balaban J connectivity index is 1.90. The molecule has 1 atom stereocenters. The van der Waals surface area contributed by atoms with Crippen molar-refractivity contribution < 1.29 is 22.0 Å². The summed E-state index contributed by atoms with van der Waals surface area (Å²) in [6.45, 7) is -0.349. The van der Waals surface area contributed by atoms with Gasteiger partial charge in [0.2, 0.25) is 0 Å². The summed E-state index contributed by atoms with van der Waals surface area (Å²) in [7, 11) is -3.89. The van der Waals surface area contributed by atoms with Gasteiger partial charge >= 0.3 is 0 Å². The number of hydrogen-bond donors (Lipinski definition) is 1. The van der Waals surface area contributed by atoms with E-state index in [0.717, 1.165) is 18.2 Å². The molecule has 0 bridgehead atoms. The molecule has 0 saturated heterocycles. The van der Waals surface area contributed by atoms with Crippen molar-refractivity contribution in [2.24, 2.45) is 0 Å². The van der Waals surface area contributed by atoms with Gasteiger partial charge in [-0.3, -0.25) is 4.79 Å². The van der Waals surface area contributed by atoms with Crippen LogP contribution in [0.25, 0.3) is 0 Å². The molecular formula is C19H14ClF2NO3S2. The molecule has 1 N–H and O–H groups in total. The van der Waals surface area contributed by atoms with Gasteiger partial charge in [-0.1, -0.05) is 23.7 Å². The van der Waals surface area contributed by atoms with E-state index in [4.69, 9.17) is 11.6 Å². The maximum absolute atomic E-state index is 13.8. The third-order valence-electron chi connectivity index (χ3n) is 4.02. The van der Waals surface area contributed by atoms with Crippen molar-refractivity contribution in [1.29, 1.82) is 0 Å². The molecule has 3 rings (SSSR count). The van der Waals surface area contributed by atoms with Gasteiger partial charge in [0.25, 0.3) is 5.91 Å². The number of carbonyl (C=O) groups is 1. The first-order valence-electron chi connectivity index (χ1n) is 8.06. The Labute approximate surface area is 169 Å². The van der Waals surface area contributed by atoms with Gasteiger partial charge in [-0.2, -0.15) is 0 Å².